The second-order valence-corrected chi connectivity index (χ2v) is 3.48. The second kappa shape index (κ2) is 4.96. The van der Waals surface area contributed by atoms with Crippen LogP contribution in [-0.4, -0.2) is 13.3 Å². The lowest BCUT2D eigenvalue weighted by Crippen LogP contribution is -2.14. The summed E-state index contributed by atoms with van der Waals surface area (Å²) in [5, 5.41) is 3.09. The summed E-state index contributed by atoms with van der Waals surface area (Å²) in [5.74, 6) is 2.72. The summed E-state index contributed by atoms with van der Waals surface area (Å²) < 4.78 is 0. The Morgan fingerprint density at radius 3 is 2.69 bits per heavy atom. The first kappa shape index (κ1) is 10.2. The summed E-state index contributed by atoms with van der Waals surface area (Å²) in [4.78, 5) is 1.24. The highest BCUT2D eigenvalue weighted by Crippen LogP contribution is 2.24. The van der Waals surface area contributed by atoms with Crippen LogP contribution >= 0.6 is 11.8 Å². The van der Waals surface area contributed by atoms with Crippen molar-refractivity contribution in [2.24, 2.45) is 0 Å². The Hall–Kier alpha value is -0.910. The molecule has 1 unspecified atom stereocenters. The topological polar surface area (TPSA) is 12.0 Å². The van der Waals surface area contributed by atoms with Crippen molar-refractivity contribution in [2.75, 3.05) is 13.3 Å². The van der Waals surface area contributed by atoms with Crippen molar-refractivity contribution >= 4 is 11.8 Å². The molecule has 1 aromatic rings. The quantitative estimate of drug-likeness (QED) is 0.581. The highest BCUT2D eigenvalue weighted by Gasteiger charge is 2.08. The Labute approximate surface area is 83.9 Å². The van der Waals surface area contributed by atoms with Crippen molar-refractivity contribution in [3.63, 3.8) is 0 Å². The van der Waals surface area contributed by atoms with Gasteiger partial charge in [-0.1, -0.05) is 24.1 Å². The van der Waals surface area contributed by atoms with Crippen molar-refractivity contribution in [3.05, 3.63) is 29.8 Å². The smallest absolute Gasteiger partial charge is 0.0951 e. The highest BCUT2D eigenvalue weighted by molar-refractivity contribution is 7.98. The van der Waals surface area contributed by atoms with Crippen LogP contribution in [0.4, 0.5) is 0 Å². The van der Waals surface area contributed by atoms with Crippen molar-refractivity contribution in [2.45, 2.75) is 10.9 Å². The molecule has 1 N–H and O–H groups in total. The molecule has 0 heterocycles. The number of rotatable bonds is 3. The van der Waals surface area contributed by atoms with Gasteiger partial charge in [0.2, 0.25) is 0 Å². The predicted octanol–water partition coefficient (Wildman–Crippen LogP) is 2.30. The van der Waals surface area contributed by atoms with E-state index in [0.29, 0.717) is 0 Å². The SMILES string of the molecule is C#CC(NC)c1ccccc1SC. The third kappa shape index (κ3) is 2.27. The largest absolute Gasteiger partial charge is 0.303 e. The Morgan fingerprint density at radius 2 is 2.15 bits per heavy atom. The molecule has 0 aliphatic heterocycles. The summed E-state index contributed by atoms with van der Waals surface area (Å²) in [6.07, 6.45) is 7.47. The maximum Gasteiger partial charge on any atom is 0.0951 e. The van der Waals surface area contributed by atoms with Gasteiger partial charge in [-0.25, -0.2) is 0 Å². The van der Waals surface area contributed by atoms with Crippen LogP contribution in [0.15, 0.2) is 29.2 Å². The molecule has 0 radical (unpaired) electrons. The summed E-state index contributed by atoms with van der Waals surface area (Å²) in [6, 6.07) is 8.20. The Bertz CT molecular complexity index is 314. The number of thioether (sulfide) groups is 1. The van der Waals surface area contributed by atoms with Crippen LogP contribution in [0.25, 0.3) is 0 Å². The normalized spacial score (nSPS) is 12.1. The fourth-order valence-electron chi connectivity index (χ4n) is 1.23. The zero-order valence-corrected chi connectivity index (χ0v) is 8.69. The average Bonchev–Trinajstić information content (AvgIpc) is 2.20. The molecule has 0 bridgehead atoms. The van der Waals surface area contributed by atoms with E-state index in [9.17, 15) is 0 Å². The molecule has 2 heteroatoms. The summed E-state index contributed by atoms with van der Waals surface area (Å²) in [6.45, 7) is 0. The second-order valence-electron chi connectivity index (χ2n) is 2.63. The zero-order chi connectivity index (χ0) is 9.68. The zero-order valence-electron chi connectivity index (χ0n) is 7.87. The van der Waals surface area contributed by atoms with Gasteiger partial charge in [0.15, 0.2) is 0 Å². The van der Waals surface area contributed by atoms with Crippen LogP contribution in [0.3, 0.4) is 0 Å². The van der Waals surface area contributed by atoms with Crippen molar-refractivity contribution in [1.29, 1.82) is 0 Å². The highest BCUT2D eigenvalue weighted by atomic mass is 32.2. The molecule has 68 valence electrons. The standard InChI is InChI=1S/C11H13NS/c1-4-10(12-2)9-7-5-6-8-11(9)13-3/h1,5-8,10,12H,2-3H3. The van der Waals surface area contributed by atoms with E-state index in [-0.39, 0.29) is 6.04 Å². The van der Waals surface area contributed by atoms with Gasteiger partial charge in [0.25, 0.3) is 0 Å². The predicted molar refractivity (Wildman–Crippen MR) is 58.9 cm³/mol. The Kier molecular flexibility index (Phi) is 3.88. The molecule has 13 heavy (non-hydrogen) atoms. The molecule has 1 rings (SSSR count). The van der Waals surface area contributed by atoms with Gasteiger partial charge in [-0.3, -0.25) is 0 Å². The van der Waals surface area contributed by atoms with Crippen LogP contribution in [-0.2, 0) is 0 Å². The first-order valence-electron chi connectivity index (χ1n) is 4.09. The van der Waals surface area contributed by atoms with Crippen molar-refractivity contribution in [1.82, 2.24) is 5.32 Å². The molecule has 0 spiro atoms. The van der Waals surface area contributed by atoms with Crippen LogP contribution < -0.4 is 5.32 Å². The van der Waals surface area contributed by atoms with E-state index in [1.54, 1.807) is 11.8 Å². The van der Waals surface area contributed by atoms with Gasteiger partial charge >= 0.3 is 0 Å². The summed E-state index contributed by atoms with van der Waals surface area (Å²) in [5.41, 5.74) is 1.18. The van der Waals surface area contributed by atoms with E-state index in [2.05, 4.69) is 29.6 Å². The lowest BCUT2D eigenvalue weighted by molar-refractivity contribution is 0.724. The first-order chi connectivity index (χ1) is 6.33. The number of hydrogen-bond acceptors (Lipinski definition) is 2. The molecule has 0 amide bonds. The molecule has 0 aromatic heterocycles. The Balaban J connectivity index is 3.05. The first-order valence-corrected chi connectivity index (χ1v) is 5.32. The van der Waals surface area contributed by atoms with Gasteiger partial charge in [0, 0.05) is 4.90 Å². The fraction of sp³-hybridized carbons (Fsp3) is 0.273. The van der Waals surface area contributed by atoms with E-state index in [1.165, 1.54) is 10.5 Å². The maximum atomic E-state index is 5.42. The van der Waals surface area contributed by atoms with Gasteiger partial charge in [0.05, 0.1) is 6.04 Å². The van der Waals surface area contributed by atoms with E-state index in [4.69, 9.17) is 6.42 Å². The van der Waals surface area contributed by atoms with Crippen LogP contribution in [0.5, 0.6) is 0 Å². The lowest BCUT2D eigenvalue weighted by Gasteiger charge is -2.13. The van der Waals surface area contributed by atoms with E-state index >= 15 is 0 Å². The van der Waals surface area contributed by atoms with Gasteiger partial charge in [-0.2, -0.15) is 0 Å². The summed E-state index contributed by atoms with van der Waals surface area (Å²) in [7, 11) is 1.88. The van der Waals surface area contributed by atoms with E-state index in [0.717, 1.165) is 0 Å². The molecule has 0 aliphatic rings. The molecule has 0 saturated heterocycles. The molecule has 1 nitrogen and oxygen atoms in total. The average molecular weight is 191 g/mol. The van der Waals surface area contributed by atoms with Gasteiger partial charge in [0.1, 0.15) is 0 Å². The van der Waals surface area contributed by atoms with Crippen LogP contribution in [0.1, 0.15) is 11.6 Å². The van der Waals surface area contributed by atoms with Gasteiger partial charge < -0.3 is 5.32 Å². The number of terminal acetylenes is 1. The summed E-state index contributed by atoms with van der Waals surface area (Å²) >= 11 is 1.72. The number of hydrogen-bond donors (Lipinski definition) is 1. The minimum Gasteiger partial charge on any atom is -0.303 e. The van der Waals surface area contributed by atoms with Crippen LogP contribution in [0.2, 0.25) is 0 Å². The molecule has 0 aliphatic carbocycles. The van der Waals surface area contributed by atoms with Gasteiger partial charge in [-0.15, -0.1) is 18.2 Å². The third-order valence-electron chi connectivity index (χ3n) is 1.91. The van der Waals surface area contributed by atoms with E-state index in [1.807, 2.05) is 19.2 Å². The van der Waals surface area contributed by atoms with E-state index < -0.39 is 0 Å². The fourth-order valence-corrected chi connectivity index (χ4v) is 1.87. The van der Waals surface area contributed by atoms with Crippen LogP contribution in [0, 0.1) is 12.3 Å². The monoisotopic (exact) mass is 191 g/mol. The molecule has 1 aromatic carbocycles. The number of nitrogens with one attached hydrogen (secondary N) is 1. The third-order valence-corrected chi connectivity index (χ3v) is 2.72. The molecule has 0 fully saturated rings. The van der Waals surface area contributed by atoms with Crippen molar-refractivity contribution < 1.29 is 0 Å². The maximum absolute atomic E-state index is 5.42. The molecule has 0 saturated carbocycles. The molecular formula is C11H13NS. The number of benzene rings is 1. The molecular weight excluding hydrogens is 178 g/mol. The minimum absolute atomic E-state index is 0.0173. The minimum atomic E-state index is 0.0173. The van der Waals surface area contributed by atoms with Crippen molar-refractivity contribution in [3.8, 4) is 12.3 Å². The lowest BCUT2D eigenvalue weighted by atomic mass is 10.1. The molecule has 1 atom stereocenters. The van der Waals surface area contributed by atoms with Gasteiger partial charge in [-0.05, 0) is 24.9 Å². The Morgan fingerprint density at radius 1 is 1.46 bits per heavy atom.